The smallest absolute Gasteiger partial charge is 0.237 e. The molecule has 2 aliphatic heterocycles. The number of fused-ring (bicyclic) bond motifs is 2. The maximum absolute atomic E-state index is 13.1. The van der Waals surface area contributed by atoms with E-state index < -0.39 is 0 Å². The molecule has 1 N–H and O–H groups in total. The van der Waals surface area contributed by atoms with Crippen LogP contribution < -0.4 is 0 Å². The molecule has 1 atom stereocenters. The summed E-state index contributed by atoms with van der Waals surface area (Å²) in [6, 6.07) is 11.1. The van der Waals surface area contributed by atoms with Gasteiger partial charge < -0.3 is 9.88 Å². The first kappa shape index (κ1) is 18.9. The summed E-state index contributed by atoms with van der Waals surface area (Å²) < 4.78 is 0. The molecule has 1 aromatic carbocycles. The van der Waals surface area contributed by atoms with Gasteiger partial charge in [0.15, 0.2) is 0 Å². The Labute approximate surface area is 176 Å². The van der Waals surface area contributed by atoms with E-state index in [9.17, 15) is 4.79 Å². The van der Waals surface area contributed by atoms with E-state index in [2.05, 4.69) is 63.6 Å². The number of aromatic nitrogens is 1. The van der Waals surface area contributed by atoms with Gasteiger partial charge in [-0.25, -0.2) is 0 Å². The van der Waals surface area contributed by atoms with Gasteiger partial charge in [-0.2, -0.15) is 0 Å². The van der Waals surface area contributed by atoms with E-state index >= 15 is 0 Å². The van der Waals surface area contributed by atoms with Crippen LogP contribution in [0.25, 0.3) is 10.9 Å². The zero-order chi connectivity index (χ0) is 19.8. The number of aromatic amines is 1. The maximum atomic E-state index is 13.1. The molecule has 0 bridgehead atoms. The number of carbonyl (C=O) groups is 1. The molecule has 0 spiro atoms. The summed E-state index contributed by atoms with van der Waals surface area (Å²) in [5.41, 5.74) is 4.05. The summed E-state index contributed by atoms with van der Waals surface area (Å²) in [6.07, 6.45) is 6.45. The van der Waals surface area contributed by atoms with Gasteiger partial charge in [0.25, 0.3) is 0 Å². The predicted octanol–water partition coefficient (Wildman–Crippen LogP) is 4.94. The molecule has 152 valence electrons. The van der Waals surface area contributed by atoms with E-state index in [0.717, 1.165) is 45.3 Å². The molecular weight excluding hydrogens is 378 g/mol. The number of para-hydroxylation sites is 1. The van der Waals surface area contributed by atoms with Crippen LogP contribution in [0.3, 0.4) is 0 Å². The first-order valence-corrected chi connectivity index (χ1v) is 11.8. The second-order valence-electron chi connectivity index (χ2n) is 8.40. The topological polar surface area (TPSA) is 39.3 Å². The molecule has 0 aliphatic carbocycles. The molecule has 1 saturated heterocycles. The molecular formula is C24H29N3OS. The van der Waals surface area contributed by atoms with Crippen molar-refractivity contribution in [3.63, 3.8) is 0 Å². The highest BCUT2D eigenvalue weighted by Gasteiger charge is 2.32. The fraction of sp³-hybridized carbons (Fsp3) is 0.458. The standard InChI is InChI=1S/C24H29N3OS/c1-2-22-19-10-14-29-23(19)9-13-27(22)24(28)16-26-11-7-17(8-12-26)20-15-25-21-6-4-3-5-18(20)21/h3-6,10,14-15,17,22,25H,2,7-9,11-13,16H2,1H3. The Bertz CT molecular complexity index is 998. The van der Waals surface area contributed by atoms with Crippen LogP contribution in [0.4, 0.5) is 0 Å². The monoisotopic (exact) mass is 407 g/mol. The summed E-state index contributed by atoms with van der Waals surface area (Å²) in [5.74, 6) is 0.892. The number of nitrogens with zero attached hydrogens (tertiary/aromatic N) is 2. The number of amides is 1. The van der Waals surface area contributed by atoms with E-state index in [1.807, 2.05) is 11.3 Å². The summed E-state index contributed by atoms with van der Waals surface area (Å²) >= 11 is 1.84. The third-order valence-electron chi connectivity index (χ3n) is 6.81. The van der Waals surface area contributed by atoms with Gasteiger partial charge in [-0.1, -0.05) is 25.1 Å². The Balaban J connectivity index is 1.21. The molecule has 2 aliphatic rings. The summed E-state index contributed by atoms with van der Waals surface area (Å²) in [5, 5.41) is 3.53. The summed E-state index contributed by atoms with van der Waals surface area (Å²) in [7, 11) is 0. The van der Waals surface area contributed by atoms with Crippen molar-refractivity contribution in [3.05, 3.63) is 57.9 Å². The van der Waals surface area contributed by atoms with Crippen LogP contribution in [0, 0.1) is 0 Å². The number of hydrogen-bond acceptors (Lipinski definition) is 3. The van der Waals surface area contributed by atoms with Gasteiger partial charge in [0, 0.05) is 28.5 Å². The number of piperidine rings is 1. The largest absolute Gasteiger partial charge is 0.361 e. The van der Waals surface area contributed by atoms with E-state index in [1.165, 1.54) is 26.9 Å². The van der Waals surface area contributed by atoms with Gasteiger partial charge >= 0.3 is 0 Å². The minimum absolute atomic E-state index is 0.265. The Morgan fingerprint density at radius 2 is 1.97 bits per heavy atom. The van der Waals surface area contributed by atoms with Crippen molar-refractivity contribution in [1.82, 2.24) is 14.8 Å². The van der Waals surface area contributed by atoms with Crippen molar-refractivity contribution in [2.24, 2.45) is 0 Å². The van der Waals surface area contributed by atoms with Crippen LogP contribution in [0.2, 0.25) is 0 Å². The molecule has 2 aromatic heterocycles. The lowest BCUT2D eigenvalue weighted by atomic mass is 9.89. The van der Waals surface area contributed by atoms with E-state index in [1.54, 1.807) is 0 Å². The van der Waals surface area contributed by atoms with Gasteiger partial charge in [-0.15, -0.1) is 11.3 Å². The van der Waals surface area contributed by atoms with Gasteiger partial charge in [0.05, 0.1) is 12.6 Å². The second kappa shape index (κ2) is 7.96. The Morgan fingerprint density at radius 3 is 2.79 bits per heavy atom. The van der Waals surface area contributed by atoms with Crippen LogP contribution >= 0.6 is 11.3 Å². The fourth-order valence-corrected chi connectivity index (χ4v) is 6.18. The normalized spacial score (nSPS) is 20.9. The van der Waals surface area contributed by atoms with E-state index in [-0.39, 0.29) is 6.04 Å². The van der Waals surface area contributed by atoms with Gasteiger partial charge in [-0.3, -0.25) is 9.69 Å². The van der Waals surface area contributed by atoms with Crippen molar-refractivity contribution >= 4 is 28.1 Å². The highest BCUT2D eigenvalue weighted by molar-refractivity contribution is 7.10. The number of likely N-dealkylation sites (tertiary alicyclic amines) is 1. The van der Waals surface area contributed by atoms with Gasteiger partial charge in [0.1, 0.15) is 0 Å². The highest BCUT2D eigenvalue weighted by Crippen LogP contribution is 2.36. The molecule has 0 saturated carbocycles. The molecule has 29 heavy (non-hydrogen) atoms. The third-order valence-corrected chi connectivity index (χ3v) is 7.81. The Hall–Kier alpha value is -2.11. The summed E-state index contributed by atoms with van der Waals surface area (Å²) in [4.78, 5) is 22.5. The SMILES string of the molecule is CCC1c2ccsc2CCN1C(=O)CN1CCC(c2c[nH]c3ccccc23)CC1. The average molecular weight is 408 g/mol. The predicted molar refractivity (Wildman–Crippen MR) is 119 cm³/mol. The second-order valence-corrected chi connectivity index (χ2v) is 9.40. The Morgan fingerprint density at radius 1 is 1.14 bits per heavy atom. The number of carbonyl (C=O) groups excluding carboxylic acids is 1. The third kappa shape index (κ3) is 3.51. The van der Waals surface area contributed by atoms with Crippen LogP contribution in [-0.4, -0.2) is 46.9 Å². The first-order chi connectivity index (χ1) is 14.2. The summed E-state index contributed by atoms with van der Waals surface area (Å²) in [6.45, 7) is 5.64. The van der Waals surface area contributed by atoms with Crippen LogP contribution in [0.5, 0.6) is 0 Å². The maximum Gasteiger partial charge on any atom is 0.237 e. The number of nitrogens with one attached hydrogen (secondary N) is 1. The van der Waals surface area contributed by atoms with Crippen molar-refractivity contribution in [2.45, 2.75) is 44.6 Å². The number of hydrogen-bond donors (Lipinski definition) is 1. The zero-order valence-electron chi connectivity index (χ0n) is 17.1. The zero-order valence-corrected chi connectivity index (χ0v) is 17.9. The minimum Gasteiger partial charge on any atom is -0.361 e. The van der Waals surface area contributed by atoms with Crippen LogP contribution in [0.1, 0.15) is 54.1 Å². The number of rotatable bonds is 4. The van der Waals surface area contributed by atoms with Crippen LogP contribution in [-0.2, 0) is 11.2 Å². The highest BCUT2D eigenvalue weighted by atomic mass is 32.1. The molecule has 3 aromatic rings. The molecule has 5 heteroatoms. The van der Waals surface area contributed by atoms with Crippen molar-refractivity contribution in [3.8, 4) is 0 Å². The van der Waals surface area contributed by atoms with Crippen molar-refractivity contribution < 1.29 is 4.79 Å². The molecule has 1 unspecified atom stereocenters. The van der Waals surface area contributed by atoms with E-state index in [0.29, 0.717) is 18.4 Å². The fourth-order valence-electron chi connectivity index (χ4n) is 5.25. The quantitative estimate of drug-likeness (QED) is 0.665. The average Bonchev–Trinajstić information content (AvgIpc) is 3.40. The lowest BCUT2D eigenvalue weighted by molar-refractivity contribution is -0.135. The molecule has 4 heterocycles. The lowest BCUT2D eigenvalue weighted by Gasteiger charge is -2.38. The minimum atomic E-state index is 0.265. The van der Waals surface area contributed by atoms with Crippen molar-refractivity contribution in [1.29, 1.82) is 0 Å². The molecule has 4 nitrogen and oxygen atoms in total. The molecule has 0 radical (unpaired) electrons. The van der Waals surface area contributed by atoms with E-state index in [4.69, 9.17) is 0 Å². The van der Waals surface area contributed by atoms with Crippen LogP contribution in [0.15, 0.2) is 41.9 Å². The Kier molecular flexibility index (Phi) is 5.18. The molecule has 1 fully saturated rings. The molecule has 1 amide bonds. The van der Waals surface area contributed by atoms with Gasteiger partial charge in [-0.05, 0) is 73.3 Å². The van der Waals surface area contributed by atoms with Crippen molar-refractivity contribution in [2.75, 3.05) is 26.2 Å². The number of thiophene rings is 1. The lowest BCUT2D eigenvalue weighted by Crippen LogP contribution is -2.46. The first-order valence-electron chi connectivity index (χ1n) is 10.9. The molecule has 5 rings (SSSR count). The number of H-pyrrole nitrogens is 1. The van der Waals surface area contributed by atoms with Gasteiger partial charge in [0.2, 0.25) is 5.91 Å². The number of benzene rings is 1.